The zero-order valence-corrected chi connectivity index (χ0v) is 12.6. The van der Waals surface area contributed by atoms with Crippen LogP contribution in [0.4, 0.5) is 0 Å². The van der Waals surface area contributed by atoms with Gasteiger partial charge in [-0.2, -0.15) is 0 Å². The lowest BCUT2D eigenvalue weighted by Gasteiger charge is -2.28. The molecule has 22 heavy (non-hydrogen) atoms. The van der Waals surface area contributed by atoms with Gasteiger partial charge in [-0.25, -0.2) is 4.98 Å². The molecule has 0 atom stereocenters. The quantitative estimate of drug-likeness (QED) is 0.748. The molecule has 3 aromatic rings. The second-order valence-corrected chi connectivity index (χ2v) is 5.86. The number of imidazole rings is 1. The van der Waals surface area contributed by atoms with E-state index in [0.29, 0.717) is 18.9 Å². The van der Waals surface area contributed by atoms with Gasteiger partial charge in [0.2, 0.25) is 0 Å². The predicted molar refractivity (Wildman–Crippen MR) is 86.0 cm³/mol. The van der Waals surface area contributed by atoms with Crippen molar-refractivity contribution in [2.45, 2.75) is 13.0 Å². The third-order valence-electron chi connectivity index (χ3n) is 4.09. The molecule has 0 spiro atoms. The molecule has 110 valence electrons. The molecule has 2 aromatic carbocycles. The van der Waals surface area contributed by atoms with Gasteiger partial charge in [0, 0.05) is 18.1 Å². The second kappa shape index (κ2) is 5.14. The molecular formula is C17H14ClN3O. The molecular weight excluding hydrogens is 298 g/mol. The summed E-state index contributed by atoms with van der Waals surface area (Å²) in [4.78, 5) is 22.0. The molecule has 0 saturated heterocycles. The summed E-state index contributed by atoms with van der Waals surface area (Å²) in [5.41, 5.74) is 3.96. The summed E-state index contributed by atoms with van der Waals surface area (Å²) in [5, 5.41) is 0.785. The van der Waals surface area contributed by atoms with E-state index < -0.39 is 0 Å². The molecule has 4 rings (SSSR count). The van der Waals surface area contributed by atoms with Gasteiger partial charge in [0.25, 0.3) is 5.91 Å². The maximum Gasteiger partial charge on any atom is 0.289 e. The molecule has 1 aliphatic heterocycles. The molecule has 5 heteroatoms. The van der Waals surface area contributed by atoms with E-state index >= 15 is 0 Å². The van der Waals surface area contributed by atoms with E-state index in [1.807, 2.05) is 47.4 Å². The Bertz CT molecular complexity index is 838. The van der Waals surface area contributed by atoms with Gasteiger partial charge in [0.1, 0.15) is 0 Å². The van der Waals surface area contributed by atoms with Crippen molar-refractivity contribution in [2.24, 2.45) is 0 Å². The predicted octanol–water partition coefficient (Wildman–Crippen LogP) is 3.41. The van der Waals surface area contributed by atoms with Gasteiger partial charge in [0.15, 0.2) is 5.82 Å². The number of H-pyrrole nitrogens is 1. The first kappa shape index (κ1) is 13.3. The number of halogens is 1. The molecule has 0 bridgehead atoms. The first-order valence-corrected chi connectivity index (χ1v) is 7.60. The number of carbonyl (C=O) groups is 1. The molecule has 4 nitrogen and oxygen atoms in total. The van der Waals surface area contributed by atoms with Crippen molar-refractivity contribution < 1.29 is 4.79 Å². The van der Waals surface area contributed by atoms with Gasteiger partial charge in [-0.3, -0.25) is 4.79 Å². The molecule has 2 heterocycles. The van der Waals surface area contributed by atoms with Gasteiger partial charge in [-0.05, 0) is 35.7 Å². The van der Waals surface area contributed by atoms with Crippen LogP contribution < -0.4 is 0 Å². The highest BCUT2D eigenvalue weighted by Crippen LogP contribution is 2.26. The number of nitrogens with zero attached hydrogens (tertiary/aromatic N) is 2. The van der Waals surface area contributed by atoms with Crippen molar-refractivity contribution >= 4 is 28.5 Å². The van der Waals surface area contributed by atoms with E-state index in [9.17, 15) is 4.79 Å². The summed E-state index contributed by atoms with van der Waals surface area (Å²) in [6.45, 7) is 1.23. The molecule has 1 aromatic heterocycles. The highest BCUT2D eigenvalue weighted by atomic mass is 35.5. The first-order valence-electron chi connectivity index (χ1n) is 7.22. The maximum absolute atomic E-state index is 12.7. The summed E-state index contributed by atoms with van der Waals surface area (Å²) >= 11 is 6.22. The average Bonchev–Trinajstić information content (AvgIpc) is 2.98. The summed E-state index contributed by atoms with van der Waals surface area (Å²) in [7, 11) is 0. The zero-order valence-electron chi connectivity index (χ0n) is 11.8. The van der Waals surface area contributed by atoms with Crippen molar-refractivity contribution in [3.63, 3.8) is 0 Å². The Morgan fingerprint density at radius 3 is 2.91 bits per heavy atom. The van der Waals surface area contributed by atoms with Crippen LogP contribution in [0.15, 0.2) is 42.5 Å². The molecule has 0 aliphatic carbocycles. The summed E-state index contributed by atoms with van der Waals surface area (Å²) < 4.78 is 0. The van der Waals surface area contributed by atoms with Crippen molar-refractivity contribution in [1.82, 2.24) is 14.9 Å². The Labute approximate surface area is 132 Å². The minimum atomic E-state index is -0.0678. The number of fused-ring (bicyclic) bond motifs is 2. The van der Waals surface area contributed by atoms with Gasteiger partial charge < -0.3 is 9.88 Å². The Morgan fingerprint density at radius 1 is 1.18 bits per heavy atom. The fourth-order valence-electron chi connectivity index (χ4n) is 2.94. The normalized spacial score (nSPS) is 14.1. The van der Waals surface area contributed by atoms with E-state index in [4.69, 9.17) is 11.6 Å². The molecule has 1 N–H and O–H groups in total. The van der Waals surface area contributed by atoms with Crippen molar-refractivity contribution in [2.75, 3.05) is 6.54 Å². The standard InChI is InChI=1S/C17H14ClN3O/c18-13-5-3-4-11-10-21(9-8-12(11)13)17(22)16-19-14-6-1-2-7-15(14)20-16/h1-7H,8-10H2,(H,19,20). The Morgan fingerprint density at radius 2 is 2.05 bits per heavy atom. The second-order valence-electron chi connectivity index (χ2n) is 5.46. The molecule has 0 unspecified atom stereocenters. The van der Waals surface area contributed by atoms with Crippen LogP contribution in [0.1, 0.15) is 21.7 Å². The number of nitrogens with one attached hydrogen (secondary N) is 1. The summed E-state index contributed by atoms with van der Waals surface area (Å²) in [6.07, 6.45) is 0.779. The van der Waals surface area contributed by atoms with E-state index in [1.54, 1.807) is 0 Å². The smallest absolute Gasteiger partial charge is 0.289 e. The number of rotatable bonds is 1. The van der Waals surface area contributed by atoms with Crippen LogP contribution in [0.25, 0.3) is 11.0 Å². The summed E-state index contributed by atoms with van der Waals surface area (Å²) in [6, 6.07) is 13.5. The highest BCUT2D eigenvalue weighted by Gasteiger charge is 2.24. The zero-order chi connectivity index (χ0) is 15.1. The number of aromatic nitrogens is 2. The SMILES string of the molecule is O=C(c1nc2ccccc2[nH]1)N1CCc2c(Cl)cccc2C1. The highest BCUT2D eigenvalue weighted by molar-refractivity contribution is 6.31. The molecule has 1 aliphatic rings. The van der Waals surface area contributed by atoms with Crippen LogP contribution in [0.5, 0.6) is 0 Å². The van der Waals surface area contributed by atoms with Crippen molar-refractivity contribution in [3.05, 3.63) is 64.4 Å². The Kier molecular flexibility index (Phi) is 3.12. The Balaban J connectivity index is 1.64. The van der Waals surface area contributed by atoms with Crippen LogP contribution in [-0.4, -0.2) is 27.3 Å². The minimum absolute atomic E-state index is 0.0678. The first-order chi connectivity index (χ1) is 10.7. The Hall–Kier alpha value is -2.33. The lowest BCUT2D eigenvalue weighted by Crippen LogP contribution is -2.36. The lowest BCUT2D eigenvalue weighted by atomic mass is 10.00. The van der Waals surface area contributed by atoms with Crippen LogP contribution in [0.2, 0.25) is 5.02 Å². The fraction of sp³-hybridized carbons (Fsp3) is 0.176. The van der Waals surface area contributed by atoms with Gasteiger partial charge in [-0.1, -0.05) is 35.9 Å². The third kappa shape index (κ3) is 2.16. The number of hydrogen-bond acceptors (Lipinski definition) is 2. The molecule has 0 saturated carbocycles. The van der Waals surface area contributed by atoms with Gasteiger partial charge in [0.05, 0.1) is 11.0 Å². The number of amides is 1. The van der Waals surface area contributed by atoms with Crippen molar-refractivity contribution in [1.29, 1.82) is 0 Å². The van der Waals surface area contributed by atoms with Crippen LogP contribution in [0.3, 0.4) is 0 Å². The van der Waals surface area contributed by atoms with E-state index in [2.05, 4.69) is 9.97 Å². The van der Waals surface area contributed by atoms with Gasteiger partial charge in [-0.15, -0.1) is 0 Å². The molecule has 0 radical (unpaired) electrons. The van der Waals surface area contributed by atoms with E-state index in [0.717, 1.165) is 33.6 Å². The number of aromatic amines is 1. The molecule has 1 amide bonds. The maximum atomic E-state index is 12.7. The largest absolute Gasteiger partial charge is 0.334 e. The summed E-state index contributed by atoms with van der Waals surface area (Å²) in [5.74, 6) is 0.327. The van der Waals surface area contributed by atoms with Gasteiger partial charge >= 0.3 is 0 Å². The van der Waals surface area contributed by atoms with Crippen LogP contribution in [-0.2, 0) is 13.0 Å². The van der Waals surface area contributed by atoms with E-state index in [-0.39, 0.29) is 5.91 Å². The fourth-order valence-corrected chi connectivity index (χ4v) is 3.23. The average molecular weight is 312 g/mol. The number of carbonyl (C=O) groups excluding carboxylic acids is 1. The lowest BCUT2D eigenvalue weighted by molar-refractivity contribution is 0.0724. The van der Waals surface area contributed by atoms with Crippen molar-refractivity contribution in [3.8, 4) is 0 Å². The van der Waals surface area contributed by atoms with Crippen LogP contribution in [0, 0.1) is 0 Å². The minimum Gasteiger partial charge on any atom is -0.334 e. The monoisotopic (exact) mass is 311 g/mol. The number of para-hydroxylation sites is 2. The van der Waals surface area contributed by atoms with E-state index in [1.165, 1.54) is 0 Å². The number of benzene rings is 2. The topological polar surface area (TPSA) is 49.0 Å². The molecule has 0 fully saturated rings. The van der Waals surface area contributed by atoms with Crippen LogP contribution >= 0.6 is 11.6 Å². The third-order valence-corrected chi connectivity index (χ3v) is 4.44. The number of hydrogen-bond donors (Lipinski definition) is 1.